The standard InChI is InChI=1S/C26H30O8/c1-12(2)6-8-16-23(30)21-19(34-26(16)15-9-7-14(27)10-17(15)28)11-18(33-5)20(24(21)31)25(32)22(29)13(3)4/h6-7,9-11,13,22,25,27-29,31-32H,8H2,1-5H3. The molecule has 2 unspecified atom stereocenters. The molecule has 182 valence electrons. The van der Waals surface area contributed by atoms with E-state index in [0.717, 1.165) is 11.6 Å². The van der Waals surface area contributed by atoms with Crippen molar-refractivity contribution in [3.05, 3.63) is 57.3 Å². The van der Waals surface area contributed by atoms with Gasteiger partial charge >= 0.3 is 0 Å². The molecule has 2 atom stereocenters. The molecule has 8 heteroatoms. The molecule has 34 heavy (non-hydrogen) atoms. The van der Waals surface area contributed by atoms with Gasteiger partial charge in [-0.15, -0.1) is 0 Å². The minimum atomic E-state index is -1.51. The van der Waals surface area contributed by atoms with Crippen molar-refractivity contribution in [3.63, 3.8) is 0 Å². The predicted molar refractivity (Wildman–Crippen MR) is 128 cm³/mol. The molecule has 0 bridgehead atoms. The van der Waals surface area contributed by atoms with Crippen LogP contribution in [-0.4, -0.2) is 38.7 Å². The fourth-order valence-electron chi connectivity index (χ4n) is 3.77. The highest BCUT2D eigenvalue weighted by atomic mass is 16.5. The van der Waals surface area contributed by atoms with E-state index in [1.165, 1.54) is 25.3 Å². The number of fused-ring (bicyclic) bond motifs is 1. The summed E-state index contributed by atoms with van der Waals surface area (Å²) in [5, 5.41) is 52.2. The molecule has 8 nitrogen and oxygen atoms in total. The molecule has 1 heterocycles. The van der Waals surface area contributed by atoms with E-state index >= 15 is 0 Å². The molecule has 0 fully saturated rings. The average molecular weight is 471 g/mol. The van der Waals surface area contributed by atoms with Gasteiger partial charge in [0, 0.05) is 17.7 Å². The Morgan fingerprint density at radius 1 is 1.12 bits per heavy atom. The van der Waals surface area contributed by atoms with Crippen molar-refractivity contribution in [3.8, 4) is 34.3 Å². The highest BCUT2D eigenvalue weighted by molar-refractivity contribution is 5.90. The highest BCUT2D eigenvalue weighted by Crippen LogP contribution is 2.43. The summed E-state index contributed by atoms with van der Waals surface area (Å²) in [5.41, 5.74) is 0.589. The Bertz CT molecular complexity index is 1300. The van der Waals surface area contributed by atoms with Gasteiger partial charge in [-0.25, -0.2) is 0 Å². The van der Waals surface area contributed by atoms with Crippen molar-refractivity contribution in [1.82, 2.24) is 0 Å². The van der Waals surface area contributed by atoms with Crippen LogP contribution in [0.5, 0.6) is 23.0 Å². The number of methoxy groups -OCH3 is 1. The summed E-state index contributed by atoms with van der Waals surface area (Å²) in [5.74, 6) is -1.22. The molecule has 0 aliphatic rings. The first-order valence-electron chi connectivity index (χ1n) is 10.9. The molecule has 0 saturated heterocycles. The normalized spacial score (nSPS) is 13.2. The number of phenolic OH excluding ortho intramolecular Hbond substituents is 3. The number of rotatable bonds is 7. The van der Waals surface area contributed by atoms with Gasteiger partial charge in [0.1, 0.15) is 45.8 Å². The Hall–Kier alpha value is -3.49. The fraction of sp³-hybridized carbons (Fsp3) is 0.346. The zero-order chi connectivity index (χ0) is 25.3. The lowest BCUT2D eigenvalue weighted by Gasteiger charge is -2.24. The number of aliphatic hydroxyl groups is 2. The Labute approximate surface area is 197 Å². The maximum absolute atomic E-state index is 13.6. The van der Waals surface area contributed by atoms with Crippen LogP contribution < -0.4 is 10.2 Å². The first kappa shape index (κ1) is 25.1. The smallest absolute Gasteiger partial charge is 0.200 e. The molecule has 1 aromatic heterocycles. The van der Waals surface area contributed by atoms with Crippen LogP contribution >= 0.6 is 0 Å². The van der Waals surface area contributed by atoms with Crippen molar-refractivity contribution in [2.75, 3.05) is 7.11 Å². The van der Waals surface area contributed by atoms with E-state index in [4.69, 9.17) is 9.15 Å². The monoisotopic (exact) mass is 470 g/mol. The number of aliphatic hydroxyl groups excluding tert-OH is 2. The average Bonchev–Trinajstić information content (AvgIpc) is 2.76. The Morgan fingerprint density at radius 2 is 1.79 bits per heavy atom. The third-order valence-electron chi connectivity index (χ3n) is 5.72. The molecule has 2 aromatic carbocycles. The number of phenols is 3. The zero-order valence-electron chi connectivity index (χ0n) is 19.8. The van der Waals surface area contributed by atoms with Crippen LogP contribution in [0.4, 0.5) is 0 Å². The molecular weight excluding hydrogens is 440 g/mol. The number of aromatic hydroxyl groups is 3. The molecule has 0 spiro atoms. The van der Waals surface area contributed by atoms with E-state index in [1.54, 1.807) is 19.9 Å². The molecule has 5 N–H and O–H groups in total. The number of hydrogen-bond donors (Lipinski definition) is 5. The van der Waals surface area contributed by atoms with Crippen molar-refractivity contribution < 1.29 is 34.7 Å². The van der Waals surface area contributed by atoms with Crippen LogP contribution in [0, 0.1) is 5.92 Å². The van der Waals surface area contributed by atoms with Crippen LogP contribution in [0.1, 0.15) is 44.9 Å². The van der Waals surface area contributed by atoms with Crippen molar-refractivity contribution in [1.29, 1.82) is 0 Å². The van der Waals surface area contributed by atoms with Crippen molar-refractivity contribution >= 4 is 11.0 Å². The molecule has 0 saturated carbocycles. The third-order valence-corrected chi connectivity index (χ3v) is 5.72. The van der Waals surface area contributed by atoms with Gasteiger partial charge in [-0.1, -0.05) is 25.5 Å². The molecule has 0 amide bonds. The summed E-state index contributed by atoms with van der Waals surface area (Å²) in [6, 6.07) is 5.27. The summed E-state index contributed by atoms with van der Waals surface area (Å²) in [6.45, 7) is 7.15. The predicted octanol–water partition coefficient (Wildman–Crippen LogP) is 4.14. The van der Waals surface area contributed by atoms with E-state index in [2.05, 4.69) is 0 Å². The van der Waals surface area contributed by atoms with Crippen LogP contribution in [0.3, 0.4) is 0 Å². The van der Waals surface area contributed by atoms with Crippen LogP contribution in [-0.2, 0) is 6.42 Å². The quantitative estimate of drug-likeness (QED) is 0.325. The first-order valence-corrected chi connectivity index (χ1v) is 10.9. The van der Waals surface area contributed by atoms with Crippen LogP contribution in [0.25, 0.3) is 22.3 Å². The maximum Gasteiger partial charge on any atom is 0.200 e. The van der Waals surface area contributed by atoms with Gasteiger partial charge in [-0.3, -0.25) is 4.79 Å². The van der Waals surface area contributed by atoms with E-state index < -0.39 is 23.4 Å². The van der Waals surface area contributed by atoms with E-state index in [0.29, 0.717) is 0 Å². The molecular formula is C26H30O8. The molecule has 3 rings (SSSR count). The molecule has 0 aliphatic carbocycles. The van der Waals surface area contributed by atoms with Gasteiger partial charge in [0.2, 0.25) is 5.43 Å². The Morgan fingerprint density at radius 3 is 2.35 bits per heavy atom. The van der Waals surface area contributed by atoms with Crippen LogP contribution in [0.15, 0.2) is 45.1 Å². The second-order valence-corrected chi connectivity index (χ2v) is 8.82. The second kappa shape index (κ2) is 9.79. The number of hydrogen-bond acceptors (Lipinski definition) is 8. The third kappa shape index (κ3) is 4.60. The minimum absolute atomic E-state index is 0.0262. The number of allylic oxidation sites excluding steroid dienone is 2. The number of ether oxygens (including phenoxy) is 1. The van der Waals surface area contributed by atoms with E-state index in [1.807, 2.05) is 13.8 Å². The maximum atomic E-state index is 13.6. The van der Waals surface area contributed by atoms with Gasteiger partial charge < -0.3 is 34.7 Å². The zero-order valence-corrected chi connectivity index (χ0v) is 19.8. The fourth-order valence-corrected chi connectivity index (χ4v) is 3.77. The summed E-state index contributed by atoms with van der Waals surface area (Å²) in [6.07, 6.45) is -0.782. The SMILES string of the molecule is COc1cc2oc(-c3ccc(O)cc3O)c(CC=C(C)C)c(=O)c2c(O)c1C(O)C(O)C(C)C. The lowest BCUT2D eigenvalue weighted by Crippen LogP contribution is -2.25. The van der Waals surface area contributed by atoms with E-state index in [-0.39, 0.29) is 63.0 Å². The number of benzene rings is 2. The van der Waals surface area contributed by atoms with Gasteiger partial charge in [0.05, 0.1) is 24.3 Å². The second-order valence-electron chi connectivity index (χ2n) is 8.82. The summed E-state index contributed by atoms with van der Waals surface area (Å²) in [7, 11) is 1.33. The van der Waals surface area contributed by atoms with Gasteiger partial charge in [0.15, 0.2) is 0 Å². The van der Waals surface area contributed by atoms with Crippen molar-refractivity contribution in [2.45, 2.75) is 46.3 Å². The Kier molecular flexibility index (Phi) is 7.24. The highest BCUT2D eigenvalue weighted by Gasteiger charge is 2.31. The van der Waals surface area contributed by atoms with Gasteiger partial charge in [-0.2, -0.15) is 0 Å². The largest absolute Gasteiger partial charge is 0.508 e. The first-order chi connectivity index (χ1) is 16.0. The molecule has 3 aromatic rings. The topological polar surface area (TPSA) is 141 Å². The minimum Gasteiger partial charge on any atom is -0.508 e. The Balaban J connectivity index is 2.42. The van der Waals surface area contributed by atoms with E-state index in [9.17, 15) is 30.3 Å². The lowest BCUT2D eigenvalue weighted by molar-refractivity contribution is -0.0115. The molecule has 0 aliphatic heterocycles. The van der Waals surface area contributed by atoms with Gasteiger partial charge in [-0.05, 0) is 38.3 Å². The van der Waals surface area contributed by atoms with Gasteiger partial charge in [0.25, 0.3) is 0 Å². The van der Waals surface area contributed by atoms with Crippen LogP contribution in [0.2, 0.25) is 0 Å². The molecule has 0 radical (unpaired) electrons. The lowest BCUT2D eigenvalue weighted by atomic mass is 9.92. The summed E-state index contributed by atoms with van der Waals surface area (Å²) >= 11 is 0. The summed E-state index contributed by atoms with van der Waals surface area (Å²) in [4.78, 5) is 13.6. The summed E-state index contributed by atoms with van der Waals surface area (Å²) < 4.78 is 11.4. The van der Waals surface area contributed by atoms with Crippen molar-refractivity contribution in [2.24, 2.45) is 5.92 Å².